The largest absolute Gasteiger partial charge is 0.494 e. The van der Waals surface area contributed by atoms with Crippen LogP contribution < -0.4 is 23.8 Å². The molecule has 0 spiro atoms. The van der Waals surface area contributed by atoms with E-state index in [9.17, 15) is 14.4 Å². The minimum Gasteiger partial charge on any atom is -0.494 e. The molecule has 0 saturated carbocycles. The first kappa shape index (κ1) is 24.7. The van der Waals surface area contributed by atoms with Crippen molar-refractivity contribution in [3.63, 3.8) is 0 Å². The molecule has 0 N–H and O–H groups in total. The lowest BCUT2D eigenvalue weighted by atomic mass is 9.64. The molecule has 4 aliphatic rings. The second-order valence-electron chi connectivity index (χ2n) is 10.8. The van der Waals surface area contributed by atoms with E-state index >= 15 is 0 Å². The third kappa shape index (κ3) is 3.51. The number of hydrogen-bond donors (Lipinski definition) is 0. The summed E-state index contributed by atoms with van der Waals surface area (Å²) in [6.07, 6.45) is 1.98. The fraction of sp³-hybridized carbons (Fsp3) is 0.206. The van der Waals surface area contributed by atoms with E-state index in [2.05, 4.69) is 0 Å². The van der Waals surface area contributed by atoms with Crippen molar-refractivity contribution in [1.82, 2.24) is 0 Å². The van der Waals surface area contributed by atoms with E-state index in [1.54, 1.807) is 24.3 Å². The van der Waals surface area contributed by atoms with Crippen LogP contribution in [0.4, 0.5) is 5.69 Å². The van der Waals surface area contributed by atoms with Crippen LogP contribution in [0.1, 0.15) is 24.0 Å². The Morgan fingerprint density at radius 3 is 2.48 bits per heavy atom. The highest BCUT2D eigenvalue weighted by Crippen LogP contribution is 2.56. The van der Waals surface area contributed by atoms with Crippen LogP contribution in [0.25, 0.3) is 16.3 Å². The highest BCUT2D eigenvalue weighted by molar-refractivity contribution is 6.24. The van der Waals surface area contributed by atoms with E-state index in [-0.39, 0.29) is 12.7 Å². The molecule has 1 fully saturated rings. The smallest absolute Gasteiger partial charge is 0.319 e. The highest BCUT2D eigenvalue weighted by atomic mass is 16.7. The van der Waals surface area contributed by atoms with Crippen LogP contribution >= 0.6 is 0 Å². The highest BCUT2D eigenvalue weighted by Gasteiger charge is 2.60. The molecular formula is C34H25NO7. The van der Waals surface area contributed by atoms with Crippen molar-refractivity contribution in [3.8, 4) is 23.0 Å². The minimum atomic E-state index is -0.938. The lowest BCUT2D eigenvalue weighted by Gasteiger charge is -2.38. The molecule has 4 atom stereocenters. The van der Waals surface area contributed by atoms with E-state index < -0.39 is 35.5 Å². The lowest BCUT2D eigenvalue weighted by molar-refractivity contribution is -0.142. The van der Waals surface area contributed by atoms with Gasteiger partial charge in [0, 0.05) is 16.9 Å². The zero-order valence-electron chi connectivity index (χ0n) is 22.6. The van der Waals surface area contributed by atoms with Gasteiger partial charge >= 0.3 is 5.97 Å². The topological polar surface area (TPSA) is 91.4 Å². The number of carbonyl (C=O) groups is 3. The van der Waals surface area contributed by atoms with Crippen LogP contribution in [-0.4, -0.2) is 31.2 Å². The van der Waals surface area contributed by atoms with Crippen molar-refractivity contribution in [2.45, 2.75) is 12.8 Å². The molecule has 4 aromatic rings. The van der Waals surface area contributed by atoms with Crippen LogP contribution in [0, 0.1) is 17.8 Å². The molecule has 2 amide bonds. The van der Waals surface area contributed by atoms with Crippen molar-refractivity contribution in [3.05, 3.63) is 96.1 Å². The Hall–Kier alpha value is -5.11. The number of imide groups is 1. The summed E-state index contributed by atoms with van der Waals surface area (Å²) in [7, 11) is 0. The van der Waals surface area contributed by atoms with E-state index in [1.165, 1.54) is 4.90 Å². The maximum atomic E-state index is 14.2. The van der Waals surface area contributed by atoms with Gasteiger partial charge in [0.25, 0.3) is 0 Å². The fourth-order valence-electron chi connectivity index (χ4n) is 6.85. The number of hydrogen-bond acceptors (Lipinski definition) is 7. The number of anilines is 1. The first-order chi connectivity index (χ1) is 20.5. The van der Waals surface area contributed by atoms with Gasteiger partial charge in [0.05, 0.1) is 30.0 Å². The van der Waals surface area contributed by atoms with E-state index in [4.69, 9.17) is 18.9 Å². The van der Waals surface area contributed by atoms with Gasteiger partial charge in [0.1, 0.15) is 11.5 Å². The summed E-state index contributed by atoms with van der Waals surface area (Å²) >= 11 is 0. The van der Waals surface area contributed by atoms with Crippen LogP contribution in [0.2, 0.25) is 0 Å². The van der Waals surface area contributed by atoms with Crippen molar-refractivity contribution in [1.29, 1.82) is 0 Å². The molecule has 8 rings (SSSR count). The number of ether oxygens (including phenoxy) is 4. The number of allylic oxidation sites excluding steroid dienone is 1. The van der Waals surface area contributed by atoms with Gasteiger partial charge < -0.3 is 18.9 Å². The molecule has 0 radical (unpaired) electrons. The van der Waals surface area contributed by atoms with Gasteiger partial charge in [0.15, 0.2) is 11.5 Å². The van der Waals surface area contributed by atoms with Crippen molar-refractivity contribution in [2.75, 3.05) is 18.3 Å². The molecule has 3 heterocycles. The molecular weight excluding hydrogens is 534 g/mol. The third-order valence-corrected chi connectivity index (χ3v) is 8.67. The second kappa shape index (κ2) is 9.21. The fourth-order valence-corrected chi connectivity index (χ4v) is 6.85. The predicted octanol–water partition coefficient (Wildman–Crippen LogP) is 5.49. The van der Waals surface area contributed by atoms with Crippen molar-refractivity contribution >= 4 is 39.8 Å². The van der Waals surface area contributed by atoms with Crippen molar-refractivity contribution < 1.29 is 33.3 Å². The number of carbonyl (C=O) groups excluding carboxylic acids is 3. The molecule has 0 unspecified atom stereocenters. The van der Waals surface area contributed by atoms with Crippen LogP contribution in [0.15, 0.2) is 84.9 Å². The van der Waals surface area contributed by atoms with Gasteiger partial charge in [0.2, 0.25) is 18.6 Å². The molecule has 1 aliphatic carbocycles. The Labute approximate surface area is 241 Å². The summed E-state index contributed by atoms with van der Waals surface area (Å²) in [6.45, 7) is 2.50. The van der Waals surface area contributed by atoms with Gasteiger partial charge in [-0.25, -0.2) is 4.90 Å². The number of rotatable bonds is 4. The number of fused-ring (bicyclic) bond motifs is 8. The van der Waals surface area contributed by atoms with Gasteiger partial charge in [-0.3, -0.25) is 14.4 Å². The molecule has 208 valence electrons. The molecule has 0 aromatic heterocycles. The van der Waals surface area contributed by atoms with E-state index in [0.717, 1.165) is 21.9 Å². The molecule has 0 bridgehead atoms. The summed E-state index contributed by atoms with van der Waals surface area (Å²) in [4.78, 5) is 43.5. The monoisotopic (exact) mass is 559 g/mol. The van der Waals surface area contributed by atoms with Crippen LogP contribution in [0.5, 0.6) is 23.0 Å². The second-order valence-corrected chi connectivity index (χ2v) is 10.8. The quantitative estimate of drug-likeness (QED) is 0.186. The van der Waals surface area contributed by atoms with Gasteiger partial charge in [-0.2, -0.15) is 0 Å². The van der Waals surface area contributed by atoms with Crippen molar-refractivity contribution in [2.24, 2.45) is 17.8 Å². The zero-order chi connectivity index (χ0) is 28.5. The van der Waals surface area contributed by atoms with E-state index in [0.29, 0.717) is 40.9 Å². The Bertz CT molecular complexity index is 1840. The first-order valence-corrected chi connectivity index (χ1v) is 14.0. The zero-order valence-corrected chi connectivity index (χ0v) is 22.6. The molecule has 42 heavy (non-hydrogen) atoms. The predicted molar refractivity (Wildman–Crippen MR) is 153 cm³/mol. The normalized spacial score (nSPS) is 23.7. The minimum absolute atomic E-state index is 0.119. The summed E-state index contributed by atoms with van der Waals surface area (Å²) in [5.74, 6) is -2.15. The maximum Gasteiger partial charge on any atom is 0.319 e. The Kier molecular flexibility index (Phi) is 5.41. The van der Waals surface area contributed by atoms with Crippen LogP contribution in [0.3, 0.4) is 0 Å². The summed E-state index contributed by atoms with van der Waals surface area (Å²) in [5.41, 5.74) is 2.69. The van der Waals surface area contributed by atoms with Crippen LogP contribution in [-0.2, 0) is 14.4 Å². The van der Waals surface area contributed by atoms with Gasteiger partial charge in [-0.1, -0.05) is 48.5 Å². The average Bonchev–Trinajstić information content (AvgIpc) is 3.59. The molecule has 8 nitrogen and oxygen atoms in total. The van der Waals surface area contributed by atoms with E-state index in [1.807, 2.05) is 67.6 Å². The first-order valence-electron chi connectivity index (χ1n) is 14.0. The summed E-state index contributed by atoms with van der Waals surface area (Å²) in [5, 5.41) is 1.76. The summed E-state index contributed by atoms with van der Waals surface area (Å²) < 4.78 is 22.7. The average molecular weight is 560 g/mol. The molecule has 3 aliphatic heterocycles. The SMILES string of the molecule is CCOc1ccc(N2C(=O)[C@@H]3[C@@H]4C(=O)Oc5c(ccc6ccccc56)C4=C[C@H](c4ccc5c(c4)OCO5)[C@@H]3C2=O)cc1. The third-order valence-electron chi connectivity index (χ3n) is 8.67. The standard InChI is InChI=1S/C34H25NO7/c1-2-39-21-11-9-20(10-12-21)35-32(36)28-24(19-8-14-26-27(15-19)41-17-40-26)16-25-23-13-7-18-5-3-4-6-22(18)31(23)42-34(38)29(25)30(28)33(35)37/h3-16,24,28-30H,2,17H2,1H3/t24-,28+,29-,30+/m1/s1. The Morgan fingerprint density at radius 1 is 0.857 bits per heavy atom. The number of esters is 1. The van der Waals surface area contributed by atoms with Gasteiger partial charge in [-0.05, 0) is 59.8 Å². The molecule has 1 saturated heterocycles. The Balaban J connectivity index is 1.30. The number of amides is 2. The molecule has 4 aromatic carbocycles. The summed E-state index contributed by atoms with van der Waals surface area (Å²) in [6, 6.07) is 24.1. The maximum absolute atomic E-state index is 14.2. The Morgan fingerprint density at radius 2 is 1.64 bits per heavy atom. The van der Waals surface area contributed by atoms with Gasteiger partial charge in [-0.15, -0.1) is 0 Å². The lowest BCUT2D eigenvalue weighted by Crippen LogP contribution is -2.42. The molecule has 8 heteroatoms. The number of benzene rings is 4. The number of nitrogens with zero attached hydrogens (tertiary/aromatic N) is 1.